The van der Waals surface area contributed by atoms with Crippen LogP contribution in [0.5, 0.6) is 11.5 Å². The minimum atomic E-state index is -0.912. The summed E-state index contributed by atoms with van der Waals surface area (Å²) < 4.78 is 33.7. The number of imidazole rings is 2. The fourth-order valence-corrected chi connectivity index (χ4v) is 7.87. The van der Waals surface area contributed by atoms with Crippen molar-refractivity contribution in [3.63, 3.8) is 0 Å². The van der Waals surface area contributed by atoms with Gasteiger partial charge in [0.2, 0.25) is 35.2 Å². The summed E-state index contributed by atoms with van der Waals surface area (Å²) in [4.78, 5) is 86.0. The molecule has 0 saturated carbocycles. The summed E-state index contributed by atoms with van der Waals surface area (Å²) in [6.45, 7) is 12.6. The van der Waals surface area contributed by atoms with Crippen molar-refractivity contribution < 1.29 is 47.0 Å². The number of ether oxygens (including phenoxy) is 3. The number of hydrogen-bond acceptors (Lipinski definition) is 14. The van der Waals surface area contributed by atoms with Gasteiger partial charge in [0.15, 0.2) is 11.8 Å². The first-order valence-electron chi connectivity index (χ1n) is 21.0. The van der Waals surface area contributed by atoms with Crippen LogP contribution in [0.15, 0.2) is 45.3 Å². The molecule has 1 saturated heterocycles. The highest BCUT2D eigenvalue weighted by atomic mass is 16.6. The molecular formula is C44H49N11O10. The number of nitrogens with two attached hydrogens (primary N) is 2. The molecule has 0 unspecified atom stereocenters. The number of hydrogen-bond donors (Lipinski definition) is 4. The number of anilines is 2. The third-order valence-corrected chi connectivity index (χ3v) is 10.8. The van der Waals surface area contributed by atoms with Crippen molar-refractivity contribution in [2.75, 3.05) is 36.9 Å². The van der Waals surface area contributed by atoms with E-state index >= 15 is 0 Å². The molecule has 21 nitrogen and oxygen atoms in total. The van der Waals surface area contributed by atoms with Crippen LogP contribution in [0.1, 0.15) is 99.6 Å². The molecular weight excluding hydrogens is 843 g/mol. The Labute approximate surface area is 371 Å². The molecule has 2 aliphatic heterocycles. The van der Waals surface area contributed by atoms with Crippen LogP contribution in [-0.2, 0) is 30.7 Å². The summed E-state index contributed by atoms with van der Waals surface area (Å²) in [5.74, 6) is -1.39. The summed E-state index contributed by atoms with van der Waals surface area (Å²) >= 11 is 0. The Morgan fingerprint density at radius 2 is 1.14 bits per heavy atom. The van der Waals surface area contributed by atoms with Crippen LogP contribution < -0.4 is 31.6 Å². The normalized spacial score (nSPS) is 15.3. The molecule has 5 amide bonds. The second kappa shape index (κ2) is 16.8. The molecule has 0 aliphatic carbocycles. The Hall–Kier alpha value is -7.71. The van der Waals surface area contributed by atoms with Crippen molar-refractivity contribution in [3.05, 3.63) is 82.2 Å². The maximum Gasteiger partial charge on any atom is 0.410 e. The quantitative estimate of drug-likeness (QED) is 0.145. The first kappa shape index (κ1) is 43.9. The van der Waals surface area contributed by atoms with Gasteiger partial charge in [-0.05, 0) is 57.9 Å². The first-order valence-corrected chi connectivity index (χ1v) is 21.0. The average molecular weight is 892 g/mol. The highest BCUT2D eigenvalue weighted by Crippen LogP contribution is 2.39. The van der Waals surface area contributed by atoms with E-state index in [0.717, 1.165) is 0 Å². The monoisotopic (exact) mass is 891 g/mol. The average Bonchev–Trinajstić information content (AvgIpc) is 3.99. The number of nitrogens with zero attached hydrogens (tertiary/aromatic N) is 7. The Balaban J connectivity index is 1.27. The van der Waals surface area contributed by atoms with E-state index in [-0.39, 0.29) is 96.5 Å². The summed E-state index contributed by atoms with van der Waals surface area (Å²) in [6.07, 6.45) is 3.93. The van der Waals surface area contributed by atoms with Crippen molar-refractivity contribution in [1.29, 1.82) is 0 Å². The molecule has 1 spiro atoms. The minimum Gasteiger partial charge on any atom is -0.490 e. The first-order chi connectivity index (χ1) is 30.9. The third kappa shape index (κ3) is 8.68. The van der Waals surface area contributed by atoms with E-state index in [0.29, 0.717) is 47.0 Å². The van der Waals surface area contributed by atoms with Crippen LogP contribution in [0.4, 0.5) is 16.7 Å². The van der Waals surface area contributed by atoms with Crippen LogP contribution in [0.2, 0.25) is 0 Å². The lowest BCUT2D eigenvalue weighted by atomic mass is 9.81. The topological polar surface area (TPSA) is 280 Å². The van der Waals surface area contributed by atoms with Crippen LogP contribution in [0.3, 0.4) is 0 Å². The Morgan fingerprint density at radius 3 is 1.52 bits per heavy atom. The summed E-state index contributed by atoms with van der Waals surface area (Å²) in [6, 6.07) is 6.00. The zero-order chi connectivity index (χ0) is 46.5. The van der Waals surface area contributed by atoms with Gasteiger partial charge in [0, 0.05) is 51.2 Å². The fraction of sp³-hybridized carbons (Fsp3) is 0.386. The van der Waals surface area contributed by atoms with Crippen molar-refractivity contribution >= 4 is 63.7 Å². The van der Waals surface area contributed by atoms with Crippen molar-refractivity contribution in [2.45, 2.75) is 80.0 Å². The maximum atomic E-state index is 13.8. The van der Waals surface area contributed by atoms with E-state index in [4.69, 9.17) is 44.5 Å². The van der Waals surface area contributed by atoms with E-state index in [9.17, 15) is 24.0 Å². The third-order valence-electron chi connectivity index (χ3n) is 10.8. The summed E-state index contributed by atoms with van der Waals surface area (Å²) in [5.41, 5.74) is 12.4. The smallest absolute Gasteiger partial charge is 0.410 e. The van der Waals surface area contributed by atoms with Gasteiger partial charge in [-0.1, -0.05) is 26.0 Å². The standard InChI is InChI=1S/C44H49N11O10/c1-8-26-34(63-22(3)47-26)38(58)51-40-49-28-14-24(36(45)56)16-30-32(28)54(40)12-10-11-13-55-33-29(50-41(55)52-39(59)35-27(9-2)48-23(4)64-35)15-25(37(46)57)17-31(33)62-21-44(20-61-30)18-53(19-44)42(60)65-43(5,6)7/h10-11,14-17H,8-9,12-13,18-21H2,1-7H3,(H2,45,56)(H2,46,57)(H,49,51,58)(H,50,52,59)/b11-10+. The van der Waals surface area contributed by atoms with E-state index < -0.39 is 40.7 Å². The number of benzene rings is 2. The number of likely N-dealkylation sites (tertiary alicyclic amines) is 1. The highest BCUT2D eigenvalue weighted by Gasteiger charge is 2.49. The molecule has 340 valence electrons. The lowest BCUT2D eigenvalue weighted by Gasteiger charge is -2.49. The zero-order valence-electron chi connectivity index (χ0n) is 37.0. The molecule has 65 heavy (non-hydrogen) atoms. The fourth-order valence-electron chi connectivity index (χ4n) is 7.87. The van der Waals surface area contributed by atoms with E-state index in [1.807, 2.05) is 13.8 Å². The molecule has 0 bridgehead atoms. The van der Waals surface area contributed by atoms with Gasteiger partial charge >= 0.3 is 6.09 Å². The molecule has 0 atom stereocenters. The van der Waals surface area contributed by atoms with Gasteiger partial charge in [-0.2, -0.15) is 0 Å². The van der Waals surface area contributed by atoms with Gasteiger partial charge in [-0.3, -0.25) is 29.8 Å². The van der Waals surface area contributed by atoms with Crippen LogP contribution in [-0.4, -0.2) is 95.6 Å². The molecule has 1 fully saturated rings. The second-order valence-electron chi connectivity index (χ2n) is 17.0. The van der Waals surface area contributed by atoms with Crippen LogP contribution in [0, 0.1) is 19.3 Å². The maximum absolute atomic E-state index is 13.8. The molecule has 6 N–H and O–H groups in total. The van der Waals surface area contributed by atoms with Gasteiger partial charge in [0.05, 0.1) is 27.8 Å². The minimum absolute atomic E-state index is 0.0247. The molecule has 2 aliphatic rings. The zero-order valence-corrected chi connectivity index (χ0v) is 37.0. The molecule has 4 aromatic heterocycles. The van der Waals surface area contributed by atoms with E-state index in [1.165, 1.54) is 29.2 Å². The molecule has 6 aromatic rings. The number of oxazole rings is 2. The number of primary amides is 2. The van der Waals surface area contributed by atoms with Gasteiger partial charge in [-0.25, -0.2) is 24.7 Å². The Morgan fingerprint density at radius 1 is 0.708 bits per heavy atom. The summed E-state index contributed by atoms with van der Waals surface area (Å²) in [7, 11) is 0. The lowest BCUT2D eigenvalue weighted by Crippen LogP contribution is -2.64. The predicted octanol–water partition coefficient (Wildman–Crippen LogP) is 5.07. The largest absolute Gasteiger partial charge is 0.490 e. The molecule has 6 heterocycles. The highest BCUT2D eigenvalue weighted by molar-refractivity contribution is 6.05. The van der Waals surface area contributed by atoms with Gasteiger partial charge in [0.1, 0.15) is 41.3 Å². The number of allylic oxidation sites excluding steroid dienone is 2. The van der Waals surface area contributed by atoms with Crippen molar-refractivity contribution in [2.24, 2.45) is 16.9 Å². The summed E-state index contributed by atoms with van der Waals surface area (Å²) in [5, 5.41) is 5.73. The number of aromatic nitrogens is 6. The lowest BCUT2D eigenvalue weighted by molar-refractivity contribution is -0.0692. The van der Waals surface area contributed by atoms with E-state index in [2.05, 4.69) is 20.6 Å². The van der Waals surface area contributed by atoms with Gasteiger partial charge < -0.3 is 48.5 Å². The second-order valence-corrected chi connectivity index (χ2v) is 17.0. The van der Waals surface area contributed by atoms with Crippen molar-refractivity contribution in [3.8, 4) is 11.5 Å². The van der Waals surface area contributed by atoms with Gasteiger partial charge in [-0.15, -0.1) is 0 Å². The van der Waals surface area contributed by atoms with Crippen molar-refractivity contribution in [1.82, 2.24) is 34.0 Å². The number of carbonyl (C=O) groups excluding carboxylic acids is 5. The Kier molecular flexibility index (Phi) is 11.3. The SMILES string of the molecule is CCc1nc(C)oc1C(=O)Nc1nc2cc(C(N)=O)cc3c2n1C/C=C/Cn1c(NC(=O)c2oc(C)nc2CC)nc2cc(C(N)=O)cc(c21)OCC1(CO3)CN(C(=O)OC(C)(C)C)C1. The molecule has 21 heteroatoms. The number of aryl methyl sites for hydroxylation is 4. The van der Waals surface area contributed by atoms with E-state index in [1.54, 1.807) is 55.9 Å². The number of amides is 5. The Bertz CT molecular complexity index is 2770. The number of carbonyl (C=O) groups is 5. The number of rotatable bonds is 8. The molecule has 2 aromatic carbocycles. The van der Waals surface area contributed by atoms with Gasteiger partial charge in [0.25, 0.3) is 11.8 Å². The van der Waals surface area contributed by atoms with Crippen LogP contribution >= 0.6 is 0 Å². The van der Waals surface area contributed by atoms with Crippen LogP contribution in [0.25, 0.3) is 22.1 Å². The predicted molar refractivity (Wildman–Crippen MR) is 234 cm³/mol. The molecule has 8 rings (SSSR count). The number of nitrogens with one attached hydrogen (secondary N) is 2. The molecule has 0 radical (unpaired) electrons.